The van der Waals surface area contributed by atoms with E-state index in [1.165, 1.54) is 4.90 Å². The number of rotatable bonds is 6. The van der Waals surface area contributed by atoms with Crippen molar-refractivity contribution in [1.29, 1.82) is 5.41 Å². The van der Waals surface area contributed by atoms with E-state index >= 15 is 0 Å². The van der Waals surface area contributed by atoms with Gasteiger partial charge in [-0.25, -0.2) is 0 Å². The summed E-state index contributed by atoms with van der Waals surface area (Å²) < 4.78 is 37.8. The average molecular weight is 380 g/mol. The topological polar surface area (TPSA) is 82.2 Å². The van der Waals surface area contributed by atoms with Gasteiger partial charge in [0.1, 0.15) is 5.71 Å². The quantitative estimate of drug-likeness (QED) is 0.524. The van der Waals surface area contributed by atoms with Crippen LogP contribution in [0.2, 0.25) is 0 Å². The Balaban J connectivity index is 1.81. The summed E-state index contributed by atoms with van der Waals surface area (Å²) in [6.45, 7) is 1.59. The molecule has 0 unspecified atom stereocenters. The lowest BCUT2D eigenvalue weighted by molar-refractivity contribution is -0.128. The Hall–Kier alpha value is -2.51. The van der Waals surface area contributed by atoms with Gasteiger partial charge in [-0.3, -0.25) is 10.2 Å². The number of carbonyl (C=O) groups excluding carboxylic acids is 1. The molecule has 0 radical (unpaired) electrons. The highest BCUT2D eigenvalue weighted by atomic mass is 19.4. The second-order valence-corrected chi connectivity index (χ2v) is 7.11. The molecule has 0 bridgehead atoms. The zero-order valence-electron chi connectivity index (χ0n) is 14.9. The van der Waals surface area contributed by atoms with Crippen LogP contribution in [0.1, 0.15) is 30.4 Å². The highest BCUT2D eigenvalue weighted by molar-refractivity contribution is 6.04. The van der Waals surface area contributed by atoms with Crippen LogP contribution in [0.15, 0.2) is 30.0 Å². The molecule has 1 aromatic carbocycles. The third kappa shape index (κ3) is 4.43. The van der Waals surface area contributed by atoms with E-state index in [-0.39, 0.29) is 0 Å². The summed E-state index contributed by atoms with van der Waals surface area (Å²) in [6.07, 6.45) is -0.467. The van der Waals surface area contributed by atoms with Crippen molar-refractivity contribution in [3.8, 4) is 0 Å². The van der Waals surface area contributed by atoms with E-state index in [1.54, 1.807) is 0 Å². The summed E-state index contributed by atoms with van der Waals surface area (Å²) in [5.41, 5.74) is 6.60. The second-order valence-electron chi connectivity index (χ2n) is 7.11. The van der Waals surface area contributed by atoms with Crippen LogP contribution in [0.25, 0.3) is 0 Å². The average Bonchev–Trinajstić information content (AvgIpc) is 3.04. The summed E-state index contributed by atoms with van der Waals surface area (Å²) in [4.78, 5) is 14.3. The molecular weight excluding hydrogens is 357 g/mol. The lowest BCUT2D eigenvalue weighted by Gasteiger charge is -2.33. The SMILES string of the molecule is N=C(/C=C(\N)C(=O)N(Cc1cccc2c1CCN2)CC1CCC1)C(F)(F)F. The smallest absolute Gasteiger partial charge is 0.394 e. The first kappa shape index (κ1) is 19.3. The molecular formula is C19H23F3N4O. The van der Waals surface area contributed by atoms with Crippen LogP contribution < -0.4 is 11.1 Å². The van der Waals surface area contributed by atoms with Gasteiger partial charge in [-0.15, -0.1) is 0 Å². The van der Waals surface area contributed by atoms with Crippen molar-refractivity contribution in [3.05, 3.63) is 41.1 Å². The molecule has 2 aliphatic rings. The number of nitrogens with zero attached hydrogens (tertiary/aromatic N) is 1. The van der Waals surface area contributed by atoms with Crippen LogP contribution in [0.5, 0.6) is 0 Å². The first-order valence-electron chi connectivity index (χ1n) is 9.02. The minimum atomic E-state index is -4.82. The minimum Gasteiger partial charge on any atom is -0.394 e. The van der Waals surface area contributed by atoms with Crippen molar-refractivity contribution in [3.63, 3.8) is 0 Å². The molecule has 1 amide bonds. The predicted octanol–water partition coefficient (Wildman–Crippen LogP) is 3.21. The van der Waals surface area contributed by atoms with Crippen LogP contribution in [0, 0.1) is 11.3 Å². The predicted molar refractivity (Wildman–Crippen MR) is 97.4 cm³/mol. The molecule has 1 aliphatic heterocycles. The minimum absolute atomic E-state index is 0.300. The Bertz CT molecular complexity index is 769. The molecule has 4 N–H and O–H groups in total. The fourth-order valence-corrected chi connectivity index (χ4v) is 3.46. The molecule has 0 aromatic heterocycles. The van der Waals surface area contributed by atoms with Crippen LogP contribution in [0.3, 0.4) is 0 Å². The Morgan fingerprint density at radius 2 is 2.11 bits per heavy atom. The summed E-state index contributed by atoms with van der Waals surface area (Å²) in [6, 6.07) is 5.81. The van der Waals surface area contributed by atoms with Crippen molar-refractivity contribution in [1.82, 2.24) is 4.90 Å². The van der Waals surface area contributed by atoms with E-state index < -0.39 is 23.5 Å². The fourth-order valence-electron chi connectivity index (χ4n) is 3.46. The van der Waals surface area contributed by atoms with Gasteiger partial charge in [0.05, 0.1) is 5.70 Å². The molecule has 1 saturated carbocycles. The largest absolute Gasteiger partial charge is 0.432 e. The number of allylic oxidation sites excluding steroid dienone is 1. The Labute approximate surface area is 155 Å². The summed E-state index contributed by atoms with van der Waals surface area (Å²) in [5, 5.41) is 10.3. The van der Waals surface area contributed by atoms with Gasteiger partial charge in [-0.2, -0.15) is 13.2 Å². The monoisotopic (exact) mass is 380 g/mol. The van der Waals surface area contributed by atoms with Crippen molar-refractivity contribution in [2.24, 2.45) is 11.7 Å². The third-order valence-electron chi connectivity index (χ3n) is 5.17. The number of halogens is 3. The van der Waals surface area contributed by atoms with E-state index in [4.69, 9.17) is 11.1 Å². The number of alkyl halides is 3. The van der Waals surface area contributed by atoms with E-state index in [2.05, 4.69) is 5.32 Å². The summed E-state index contributed by atoms with van der Waals surface area (Å²) >= 11 is 0. The van der Waals surface area contributed by atoms with Gasteiger partial charge in [0.25, 0.3) is 5.91 Å². The van der Waals surface area contributed by atoms with E-state index in [0.717, 1.165) is 49.0 Å². The number of hydrogen-bond donors (Lipinski definition) is 3. The molecule has 0 spiro atoms. The van der Waals surface area contributed by atoms with E-state index in [0.29, 0.717) is 25.1 Å². The molecule has 1 fully saturated rings. The zero-order chi connectivity index (χ0) is 19.6. The van der Waals surface area contributed by atoms with Gasteiger partial charge in [-0.05, 0) is 48.4 Å². The molecule has 1 heterocycles. The number of fused-ring (bicyclic) bond motifs is 1. The third-order valence-corrected chi connectivity index (χ3v) is 5.17. The Morgan fingerprint density at radius 1 is 1.37 bits per heavy atom. The molecule has 5 nitrogen and oxygen atoms in total. The molecule has 146 valence electrons. The maximum Gasteiger partial charge on any atom is 0.432 e. The lowest BCUT2D eigenvalue weighted by Crippen LogP contribution is -2.40. The van der Waals surface area contributed by atoms with Crippen LogP contribution in [-0.2, 0) is 17.8 Å². The number of nitrogens with two attached hydrogens (primary N) is 1. The molecule has 3 rings (SSSR count). The van der Waals surface area contributed by atoms with Gasteiger partial charge in [-0.1, -0.05) is 18.6 Å². The standard InChI is InChI=1S/C19H23F3N4O/c20-19(21,22)17(24)9-15(23)18(27)26(10-12-3-1-4-12)11-13-5-2-6-16-14(13)7-8-25-16/h2,5-6,9,12,24-25H,1,3-4,7-8,10-11,23H2/b15-9-,24-17?. The van der Waals surface area contributed by atoms with Crippen molar-refractivity contribution < 1.29 is 18.0 Å². The maximum atomic E-state index is 12.7. The van der Waals surface area contributed by atoms with Crippen molar-refractivity contribution in [2.75, 3.05) is 18.4 Å². The van der Waals surface area contributed by atoms with Crippen LogP contribution >= 0.6 is 0 Å². The van der Waals surface area contributed by atoms with Gasteiger partial charge in [0.15, 0.2) is 0 Å². The van der Waals surface area contributed by atoms with Gasteiger partial charge >= 0.3 is 6.18 Å². The first-order valence-corrected chi connectivity index (χ1v) is 9.02. The molecule has 0 atom stereocenters. The molecule has 1 aromatic rings. The number of anilines is 1. The number of amides is 1. The molecule has 8 heteroatoms. The maximum absolute atomic E-state index is 12.7. The number of hydrogen-bond acceptors (Lipinski definition) is 4. The van der Waals surface area contributed by atoms with Crippen molar-refractivity contribution in [2.45, 2.75) is 38.4 Å². The molecule has 1 aliphatic carbocycles. The normalized spacial score (nSPS) is 17.1. The number of benzene rings is 1. The van der Waals surface area contributed by atoms with Gasteiger partial charge < -0.3 is 16.0 Å². The molecule has 0 saturated heterocycles. The lowest BCUT2D eigenvalue weighted by atomic mass is 9.85. The van der Waals surface area contributed by atoms with Crippen LogP contribution in [0.4, 0.5) is 18.9 Å². The van der Waals surface area contributed by atoms with Gasteiger partial charge in [0, 0.05) is 25.3 Å². The zero-order valence-corrected chi connectivity index (χ0v) is 14.9. The van der Waals surface area contributed by atoms with Gasteiger partial charge in [0.2, 0.25) is 0 Å². The Morgan fingerprint density at radius 3 is 2.74 bits per heavy atom. The fraction of sp³-hybridized carbons (Fsp3) is 0.474. The van der Waals surface area contributed by atoms with Crippen LogP contribution in [-0.4, -0.2) is 35.8 Å². The second kappa shape index (κ2) is 7.62. The summed E-state index contributed by atoms with van der Waals surface area (Å²) in [7, 11) is 0. The van der Waals surface area contributed by atoms with E-state index in [1.807, 2.05) is 18.2 Å². The number of nitrogens with one attached hydrogen (secondary N) is 2. The first-order chi connectivity index (χ1) is 12.8. The number of carbonyl (C=O) groups is 1. The summed E-state index contributed by atoms with van der Waals surface area (Å²) in [5.74, 6) is -0.307. The molecule has 27 heavy (non-hydrogen) atoms. The highest BCUT2D eigenvalue weighted by Gasteiger charge is 2.34. The highest BCUT2D eigenvalue weighted by Crippen LogP contribution is 2.30. The Kier molecular flexibility index (Phi) is 5.43. The van der Waals surface area contributed by atoms with Crippen molar-refractivity contribution >= 4 is 17.3 Å². The van der Waals surface area contributed by atoms with E-state index in [9.17, 15) is 18.0 Å².